The molecule has 1 saturated heterocycles. The van der Waals surface area contributed by atoms with E-state index in [0.717, 1.165) is 11.1 Å². The van der Waals surface area contributed by atoms with Crippen LogP contribution in [0.3, 0.4) is 0 Å². The lowest BCUT2D eigenvalue weighted by atomic mass is 10.1. The van der Waals surface area contributed by atoms with Gasteiger partial charge in [0.05, 0.1) is 6.54 Å². The molecule has 0 aliphatic carbocycles. The zero-order valence-electron chi connectivity index (χ0n) is 18.9. The summed E-state index contributed by atoms with van der Waals surface area (Å²) in [5.74, 6) is 1.26. The molecule has 9 nitrogen and oxygen atoms in total. The summed E-state index contributed by atoms with van der Waals surface area (Å²) < 4.78 is 16.8. The van der Waals surface area contributed by atoms with Crippen LogP contribution in [0.2, 0.25) is 0 Å². The predicted molar refractivity (Wildman–Crippen MR) is 125 cm³/mol. The molecule has 176 valence electrons. The number of anilines is 1. The molecule has 0 bridgehead atoms. The first-order valence-corrected chi connectivity index (χ1v) is 11.3. The third-order valence-corrected chi connectivity index (χ3v) is 5.96. The van der Waals surface area contributed by atoms with Crippen LogP contribution in [0.1, 0.15) is 5.56 Å². The minimum Gasteiger partial charge on any atom is -0.485 e. The van der Waals surface area contributed by atoms with Crippen molar-refractivity contribution in [2.45, 2.75) is 13.0 Å². The lowest BCUT2D eigenvalue weighted by Crippen LogP contribution is -2.54. The van der Waals surface area contributed by atoms with Crippen molar-refractivity contribution in [2.75, 3.05) is 44.6 Å². The highest BCUT2D eigenvalue weighted by Gasteiger charge is 2.33. The number of carbonyl (C=O) groups excluding carboxylic acids is 2. The van der Waals surface area contributed by atoms with E-state index in [-0.39, 0.29) is 25.0 Å². The standard InChI is InChI=1S/C25H26N4O5/c1-17-6-8-18(9-7-17)19-14-24(34-27-19)26-23(30)15-28-10-12-29(13-11-28)25(31)22-16-32-20-4-2-3-5-21(20)33-22/h2-9,14,22H,10-13,15-16H2,1H3,(H,26,30). The van der Waals surface area contributed by atoms with Gasteiger partial charge in [-0.05, 0) is 19.1 Å². The van der Waals surface area contributed by atoms with E-state index in [2.05, 4.69) is 10.5 Å². The van der Waals surface area contributed by atoms with Crippen molar-refractivity contribution in [3.63, 3.8) is 0 Å². The summed E-state index contributed by atoms with van der Waals surface area (Å²) in [6.07, 6.45) is -0.654. The van der Waals surface area contributed by atoms with Crippen molar-refractivity contribution >= 4 is 17.7 Å². The van der Waals surface area contributed by atoms with E-state index in [1.807, 2.05) is 54.3 Å². The molecule has 9 heteroatoms. The molecule has 1 aromatic heterocycles. The Hall–Kier alpha value is -3.85. The van der Waals surface area contributed by atoms with Crippen LogP contribution in [0.15, 0.2) is 59.1 Å². The molecule has 2 amide bonds. The molecule has 0 saturated carbocycles. The first-order chi connectivity index (χ1) is 16.5. The second kappa shape index (κ2) is 9.56. The molecule has 0 radical (unpaired) electrons. The van der Waals surface area contributed by atoms with Gasteiger partial charge in [0.15, 0.2) is 11.5 Å². The van der Waals surface area contributed by atoms with Crippen molar-refractivity contribution < 1.29 is 23.6 Å². The number of nitrogens with zero attached hydrogens (tertiary/aromatic N) is 3. The minimum atomic E-state index is -0.654. The van der Waals surface area contributed by atoms with E-state index in [1.165, 1.54) is 0 Å². The maximum absolute atomic E-state index is 12.9. The molecule has 2 aromatic carbocycles. The van der Waals surface area contributed by atoms with Crippen molar-refractivity contribution in [2.24, 2.45) is 0 Å². The normalized spacial score (nSPS) is 17.9. The maximum Gasteiger partial charge on any atom is 0.267 e. The molecule has 0 spiro atoms. The van der Waals surface area contributed by atoms with E-state index in [9.17, 15) is 9.59 Å². The maximum atomic E-state index is 12.9. The number of piperazine rings is 1. The van der Waals surface area contributed by atoms with E-state index >= 15 is 0 Å². The highest BCUT2D eigenvalue weighted by Crippen LogP contribution is 2.31. The summed E-state index contributed by atoms with van der Waals surface area (Å²) in [7, 11) is 0. The molecule has 2 aliphatic heterocycles. The first-order valence-electron chi connectivity index (χ1n) is 11.3. The number of fused-ring (bicyclic) bond motifs is 1. The second-order valence-corrected chi connectivity index (χ2v) is 8.46. The molecule has 1 unspecified atom stereocenters. The van der Waals surface area contributed by atoms with Gasteiger partial charge in [0.1, 0.15) is 12.3 Å². The lowest BCUT2D eigenvalue weighted by Gasteiger charge is -2.36. The van der Waals surface area contributed by atoms with E-state index in [4.69, 9.17) is 14.0 Å². The van der Waals surface area contributed by atoms with Crippen molar-refractivity contribution in [3.05, 3.63) is 60.2 Å². The van der Waals surface area contributed by atoms with Gasteiger partial charge in [-0.2, -0.15) is 0 Å². The summed E-state index contributed by atoms with van der Waals surface area (Å²) in [6.45, 7) is 4.65. The summed E-state index contributed by atoms with van der Waals surface area (Å²) >= 11 is 0. The second-order valence-electron chi connectivity index (χ2n) is 8.46. The first kappa shape index (κ1) is 22.0. The third kappa shape index (κ3) is 4.89. The quantitative estimate of drug-likeness (QED) is 0.622. The Bertz CT molecular complexity index is 1170. The average Bonchev–Trinajstić information content (AvgIpc) is 3.32. The number of aromatic nitrogens is 1. The number of benzene rings is 2. The molecule has 2 aliphatic rings. The fraction of sp³-hybridized carbons (Fsp3) is 0.320. The van der Waals surface area contributed by atoms with Gasteiger partial charge in [-0.25, -0.2) is 0 Å². The molecular weight excluding hydrogens is 436 g/mol. The van der Waals surface area contributed by atoms with Crippen LogP contribution in [0.5, 0.6) is 11.5 Å². The molecule has 1 fully saturated rings. The topological polar surface area (TPSA) is 97.1 Å². The number of ether oxygens (including phenoxy) is 2. The Labute approximate surface area is 197 Å². The van der Waals surface area contributed by atoms with E-state index < -0.39 is 6.10 Å². The van der Waals surface area contributed by atoms with E-state index in [0.29, 0.717) is 49.3 Å². The lowest BCUT2D eigenvalue weighted by molar-refractivity contribution is -0.143. The smallest absolute Gasteiger partial charge is 0.267 e. The van der Waals surface area contributed by atoms with Crippen molar-refractivity contribution in [1.29, 1.82) is 0 Å². The Kier molecular flexibility index (Phi) is 6.18. The van der Waals surface area contributed by atoms with Gasteiger partial charge in [-0.1, -0.05) is 47.1 Å². The Morgan fingerprint density at radius 2 is 1.76 bits per heavy atom. The van der Waals surface area contributed by atoms with Crippen LogP contribution in [0, 0.1) is 6.92 Å². The van der Waals surface area contributed by atoms with Crippen molar-refractivity contribution in [1.82, 2.24) is 15.0 Å². The van der Waals surface area contributed by atoms with Crippen LogP contribution in [0.4, 0.5) is 5.88 Å². The van der Waals surface area contributed by atoms with Crippen LogP contribution < -0.4 is 14.8 Å². The zero-order chi connectivity index (χ0) is 23.5. The van der Waals surface area contributed by atoms with Crippen molar-refractivity contribution in [3.8, 4) is 22.8 Å². The molecule has 34 heavy (non-hydrogen) atoms. The van der Waals surface area contributed by atoms with Gasteiger partial charge in [-0.15, -0.1) is 0 Å². The predicted octanol–water partition coefficient (Wildman–Crippen LogP) is 2.57. The highest BCUT2D eigenvalue weighted by atomic mass is 16.6. The minimum absolute atomic E-state index is 0.0936. The Morgan fingerprint density at radius 3 is 2.53 bits per heavy atom. The average molecular weight is 463 g/mol. The Morgan fingerprint density at radius 1 is 1.03 bits per heavy atom. The third-order valence-electron chi connectivity index (χ3n) is 5.96. The number of rotatable bonds is 5. The number of nitrogens with one attached hydrogen (secondary N) is 1. The number of hydrogen-bond acceptors (Lipinski definition) is 7. The number of hydrogen-bond donors (Lipinski definition) is 1. The van der Waals surface area contributed by atoms with Gasteiger partial charge >= 0.3 is 0 Å². The fourth-order valence-electron chi connectivity index (χ4n) is 4.05. The number of aryl methyl sites for hydroxylation is 1. The molecular formula is C25H26N4O5. The van der Waals surface area contributed by atoms with Gasteiger partial charge in [0, 0.05) is 37.8 Å². The SMILES string of the molecule is Cc1ccc(-c2cc(NC(=O)CN3CCN(C(=O)C4COc5ccccc5O4)CC3)on2)cc1. The summed E-state index contributed by atoms with van der Waals surface area (Å²) in [5, 5.41) is 6.79. The number of para-hydroxylation sites is 2. The molecule has 3 heterocycles. The van der Waals surface area contributed by atoms with Crippen LogP contribution >= 0.6 is 0 Å². The molecule has 1 N–H and O–H groups in total. The highest BCUT2D eigenvalue weighted by molar-refractivity contribution is 5.91. The Balaban J connectivity index is 1.09. The zero-order valence-corrected chi connectivity index (χ0v) is 18.9. The van der Waals surface area contributed by atoms with Crippen LogP contribution in [-0.4, -0.2) is 72.2 Å². The van der Waals surface area contributed by atoms with Crippen LogP contribution in [-0.2, 0) is 9.59 Å². The van der Waals surface area contributed by atoms with Gasteiger partial charge in [-0.3, -0.25) is 19.8 Å². The summed E-state index contributed by atoms with van der Waals surface area (Å²) in [4.78, 5) is 29.1. The molecule has 1 atom stereocenters. The van der Waals surface area contributed by atoms with Crippen LogP contribution in [0.25, 0.3) is 11.3 Å². The summed E-state index contributed by atoms with van der Waals surface area (Å²) in [5.41, 5.74) is 2.75. The molecule has 3 aromatic rings. The van der Waals surface area contributed by atoms with Gasteiger partial charge in [0.2, 0.25) is 17.9 Å². The summed E-state index contributed by atoms with van der Waals surface area (Å²) in [6, 6.07) is 17.0. The largest absolute Gasteiger partial charge is 0.485 e. The fourth-order valence-corrected chi connectivity index (χ4v) is 4.05. The monoisotopic (exact) mass is 462 g/mol. The number of amides is 2. The van der Waals surface area contributed by atoms with Gasteiger partial charge < -0.3 is 18.9 Å². The molecule has 5 rings (SSSR count). The number of carbonyl (C=O) groups is 2. The van der Waals surface area contributed by atoms with E-state index in [1.54, 1.807) is 17.0 Å². The van der Waals surface area contributed by atoms with Gasteiger partial charge in [0.25, 0.3) is 5.91 Å².